The maximum Gasteiger partial charge on any atom is 0.417 e. The minimum absolute atomic E-state index is 0.157. The fraction of sp³-hybridized carbons (Fsp3) is 0.333. The van der Waals surface area contributed by atoms with E-state index in [1.807, 2.05) is 0 Å². The van der Waals surface area contributed by atoms with Gasteiger partial charge in [0.2, 0.25) is 0 Å². The van der Waals surface area contributed by atoms with E-state index in [9.17, 15) is 26.3 Å². The van der Waals surface area contributed by atoms with Crippen molar-refractivity contribution in [3.63, 3.8) is 0 Å². The van der Waals surface area contributed by atoms with Gasteiger partial charge in [-0.25, -0.2) is 0 Å². The van der Waals surface area contributed by atoms with Crippen LogP contribution in [0.1, 0.15) is 16.7 Å². The lowest BCUT2D eigenvalue weighted by molar-refractivity contribution is -0.144. The Morgan fingerprint density at radius 1 is 1.00 bits per heavy atom. The minimum atomic E-state index is -4.80. The van der Waals surface area contributed by atoms with Crippen LogP contribution >= 0.6 is 38.5 Å². The molecule has 0 aliphatic carbocycles. The summed E-state index contributed by atoms with van der Waals surface area (Å²) >= 11 is 3.90. The first-order valence-corrected chi connectivity index (χ1v) is 6.30. The molecule has 0 spiro atoms. The van der Waals surface area contributed by atoms with Crippen LogP contribution in [0.4, 0.5) is 26.3 Å². The Balaban J connectivity index is 3.55. The Kier molecular flexibility index (Phi) is 4.38. The third kappa shape index (κ3) is 3.27. The van der Waals surface area contributed by atoms with Crippen LogP contribution in [0.5, 0.6) is 0 Å². The van der Waals surface area contributed by atoms with E-state index in [1.165, 1.54) is 0 Å². The maximum atomic E-state index is 12.7. The summed E-state index contributed by atoms with van der Waals surface area (Å²) in [5.74, 6) is 0. The van der Waals surface area contributed by atoms with Crippen molar-refractivity contribution in [3.05, 3.63) is 32.4 Å². The summed E-state index contributed by atoms with van der Waals surface area (Å²) in [7, 11) is 0. The highest BCUT2D eigenvalue weighted by Gasteiger charge is 2.41. The molecule has 8 heteroatoms. The Bertz CT molecular complexity index is 423. The molecule has 0 N–H and O–H groups in total. The second kappa shape index (κ2) is 4.94. The number of hydrogen-bond acceptors (Lipinski definition) is 0. The molecule has 1 rings (SSSR count). The van der Waals surface area contributed by atoms with Crippen molar-refractivity contribution < 1.29 is 26.3 Å². The molecule has 0 atom stereocenters. The summed E-state index contributed by atoms with van der Waals surface area (Å²) in [6.07, 6.45) is -9.59. The highest BCUT2D eigenvalue weighted by molar-refractivity contribution is 14.1. The smallest absolute Gasteiger partial charge is 0.166 e. The van der Waals surface area contributed by atoms with Crippen molar-refractivity contribution in [2.75, 3.05) is 0 Å². The molecule has 0 amide bonds. The fourth-order valence-corrected chi connectivity index (χ4v) is 2.86. The molecule has 0 radical (unpaired) electrons. The molecule has 0 aliphatic rings. The summed E-state index contributed by atoms with van der Waals surface area (Å²) in [6, 6.07) is 1.50. The topological polar surface area (TPSA) is 0 Å². The largest absolute Gasteiger partial charge is 0.417 e. The highest BCUT2D eigenvalue weighted by atomic mass is 127. The van der Waals surface area contributed by atoms with Gasteiger partial charge in [-0.15, -0.1) is 0 Å². The Hall–Kier alpha value is 0.01000. The van der Waals surface area contributed by atoms with Crippen molar-refractivity contribution in [1.29, 1.82) is 0 Å². The molecule has 1 aromatic carbocycles. The molecular weight excluding hydrogens is 429 g/mol. The monoisotopic (exact) mass is 432 g/mol. The van der Waals surface area contributed by atoms with E-state index in [1.54, 1.807) is 0 Å². The lowest BCUT2D eigenvalue weighted by Gasteiger charge is -2.17. The van der Waals surface area contributed by atoms with Gasteiger partial charge in [0, 0.05) is 8.90 Å². The van der Waals surface area contributed by atoms with Crippen LogP contribution in [0.15, 0.2) is 12.1 Å². The predicted octanol–water partition coefficient (Wildman–Crippen LogP) is 5.22. The van der Waals surface area contributed by atoms with Gasteiger partial charge < -0.3 is 0 Å². The van der Waals surface area contributed by atoms with Crippen LogP contribution in [0.2, 0.25) is 0 Å². The van der Waals surface area contributed by atoms with Gasteiger partial charge >= 0.3 is 12.4 Å². The van der Waals surface area contributed by atoms with Gasteiger partial charge in [-0.3, -0.25) is 0 Å². The quantitative estimate of drug-likeness (QED) is 0.324. The average Bonchev–Trinajstić information content (AvgIpc) is 2.12. The zero-order valence-corrected chi connectivity index (χ0v) is 11.6. The van der Waals surface area contributed by atoms with Gasteiger partial charge in [0.25, 0.3) is 0 Å². The first-order chi connectivity index (χ1) is 7.59. The molecule has 17 heavy (non-hydrogen) atoms. The van der Waals surface area contributed by atoms with E-state index in [0.717, 1.165) is 28.7 Å². The number of alkyl halides is 7. The van der Waals surface area contributed by atoms with Crippen molar-refractivity contribution >= 4 is 38.5 Å². The molecule has 0 bridgehead atoms. The third-order valence-corrected chi connectivity index (χ3v) is 3.69. The van der Waals surface area contributed by atoms with Gasteiger partial charge in [0.15, 0.2) is 0 Å². The van der Waals surface area contributed by atoms with E-state index < -0.39 is 27.0 Å². The SMILES string of the molecule is FC(F)(F)c1ccc(CBr)c(C(F)(F)F)c1I. The van der Waals surface area contributed by atoms with Crippen LogP contribution in [0.3, 0.4) is 0 Å². The molecule has 0 saturated heterocycles. The molecule has 1 aromatic rings. The fourth-order valence-electron chi connectivity index (χ4n) is 1.25. The van der Waals surface area contributed by atoms with E-state index in [0.29, 0.717) is 6.07 Å². The highest BCUT2D eigenvalue weighted by Crippen LogP contribution is 2.42. The van der Waals surface area contributed by atoms with E-state index in [-0.39, 0.29) is 10.9 Å². The van der Waals surface area contributed by atoms with E-state index in [2.05, 4.69) is 15.9 Å². The normalized spacial score (nSPS) is 12.9. The average molecular weight is 433 g/mol. The molecule has 0 heterocycles. The molecule has 0 aliphatic heterocycles. The van der Waals surface area contributed by atoms with Gasteiger partial charge in [-0.05, 0) is 34.2 Å². The molecule has 0 fully saturated rings. The van der Waals surface area contributed by atoms with Gasteiger partial charge in [-0.1, -0.05) is 22.0 Å². The van der Waals surface area contributed by atoms with Crippen molar-refractivity contribution in [3.8, 4) is 0 Å². The standard InChI is InChI=1S/C9H4BrF6I/c10-3-4-1-2-5(8(11,12)13)7(17)6(4)9(14,15)16/h1-2H,3H2. The zero-order valence-electron chi connectivity index (χ0n) is 7.89. The molecule has 0 aromatic heterocycles. The first kappa shape index (κ1) is 15.1. The van der Waals surface area contributed by atoms with Crippen molar-refractivity contribution in [1.82, 2.24) is 0 Å². The lowest BCUT2D eigenvalue weighted by Crippen LogP contribution is -2.16. The van der Waals surface area contributed by atoms with Crippen molar-refractivity contribution in [2.24, 2.45) is 0 Å². The number of benzene rings is 1. The second-order valence-corrected chi connectivity index (χ2v) is 4.73. The zero-order chi connectivity index (χ0) is 13.4. The van der Waals surface area contributed by atoms with Crippen LogP contribution in [-0.2, 0) is 17.7 Å². The Morgan fingerprint density at radius 2 is 1.53 bits per heavy atom. The van der Waals surface area contributed by atoms with Crippen molar-refractivity contribution in [2.45, 2.75) is 17.7 Å². The predicted molar refractivity (Wildman–Crippen MR) is 61.8 cm³/mol. The van der Waals surface area contributed by atoms with E-state index >= 15 is 0 Å². The summed E-state index contributed by atoms with van der Waals surface area (Å²) in [4.78, 5) is 0. The summed E-state index contributed by atoms with van der Waals surface area (Å²) < 4.78 is 74.6. The van der Waals surface area contributed by atoms with Crippen LogP contribution in [0, 0.1) is 3.57 Å². The summed E-state index contributed by atoms with van der Waals surface area (Å²) in [5.41, 5.74) is -2.71. The van der Waals surface area contributed by atoms with Gasteiger partial charge in [0.05, 0.1) is 11.1 Å². The maximum absolute atomic E-state index is 12.7. The van der Waals surface area contributed by atoms with Crippen LogP contribution in [-0.4, -0.2) is 0 Å². The Morgan fingerprint density at radius 3 is 1.88 bits per heavy atom. The second-order valence-electron chi connectivity index (χ2n) is 3.09. The van der Waals surface area contributed by atoms with E-state index in [4.69, 9.17) is 0 Å². The molecule has 96 valence electrons. The van der Waals surface area contributed by atoms with Gasteiger partial charge in [-0.2, -0.15) is 26.3 Å². The lowest BCUT2D eigenvalue weighted by atomic mass is 10.0. The Labute approximate surface area is 115 Å². The van der Waals surface area contributed by atoms with Crippen LogP contribution in [0.25, 0.3) is 0 Å². The molecule has 0 saturated carbocycles. The molecule has 0 unspecified atom stereocenters. The third-order valence-electron chi connectivity index (χ3n) is 1.96. The number of rotatable bonds is 1. The first-order valence-electron chi connectivity index (χ1n) is 4.10. The summed E-state index contributed by atoms with van der Waals surface area (Å²) in [6.45, 7) is 0. The summed E-state index contributed by atoms with van der Waals surface area (Å²) in [5, 5.41) is -0.157. The number of halogens is 8. The molecule has 0 nitrogen and oxygen atoms in total. The molecular formula is C9H4BrF6I. The minimum Gasteiger partial charge on any atom is -0.166 e. The number of hydrogen-bond donors (Lipinski definition) is 0. The van der Waals surface area contributed by atoms with Gasteiger partial charge in [0.1, 0.15) is 0 Å². The van der Waals surface area contributed by atoms with Crippen LogP contribution < -0.4 is 0 Å².